The zero-order chi connectivity index (χ0) is 27.1. The van der Waals surface area contributed by atoms with Crippen LogP contribution in [0, 0.1) is 0 Å². The Balaban J connectivity index is 1.01. The van der Waals surface area contributed by atoms with Gasteiger partial charge in [0.15, 0.2) is 0 Å². The fourth-order valence-corrected chi connectivity index (χ4v) is 3.81. The Kier molecular flexibility index (Phi) is 11.4. The maximum absolute atomic E-state index is 10.3. The second-order valence-electron chi connectivity index (χ2n) is 8.44. The van der Waals surface area contributed by atoms with Gasteiger partial charge in [-0.25, -0.2) is 9.78 Å². The third-order valence-electron chi connectivity index (χ3n) is 5.66. The van der Waals surface area contributed by atoms with Gasteiger partial charge in [0.05, 0.1) is 59.5 Å². The summed E-state index contributed by atoms with van der Waals surface area (Å²) in [6.07, 6.45) is 5.47. The molecule has 0 bridgehead atoms. The SMILES string of the molecule is O=C(O)COCCOCCOCCOCCOCCOc1ccc(-c2ccc3c(c2)[nH]c2ccncc23)cn1. The molecule has 4 rings (SSSR count). The molecule has 3 heterocycles. The second kappa shape index (κ2) is 15.7. The Hall–Kier alpha value is -3.61. The largest absolute Gasteiger partial charge is 0.480 e. The number of aromatic amines is 1. The van der Waals surface area contributed by atoms with Gasteiger partial charge in [-0.3, -0.25) is 4.98 Å². The van der Waals surface area contributed by atoms with Crippen LogP contribution in [0.25, 0.3) is 32.9 Å². The van der Waals surface area contributed by atoms with Crippen LogP contribution < -0.4 is 4.74 Å². The van der Waals surface area contributed by atoms with Gasteiger partial charge in [0.1, 0.15) is 13.2 Å². The minimum absolute atomic E-state index is 0.242. The van der Waals surface area contributed by atoms with Gasteiger partial charge in [0.25, 0.3) is 0 Å². The van der Waals surface area contributed by atoms with Crippen LogP contribution in [0.15, 0.2) is 55.0 Å². The zero-order valence-electron chi connectivity index (χ0n) is 21.7. The van der Waals surface area contributed by atoms with Crippen LogP contribution in [0.3, 0.4) is 0 Å². The summed E-state index contributed by atoms with van der Waals surface area (Å²) >= 11 is 0. The topological polar surface area (TPSA) is 134 Å². The number of pyridine rings is 2. The number of H-pyrrole nitrogens is 1. The highest BCUT2D eigenvalue weighted by molar-refractivity contribution is 6.07. The minimum atomic E-state index is -0.994. The standard InChI is InChI=1S/C28H33N3O8/c32-28(33)20-38-14-13-36-10-9-34-7-8-35-11-12-37-15-16-39-27-4-2-22(18-30-27)21-1-3-23-24-19-29-6-5-25(24)31-26(23)17-21/h1-6,17-19,31H,7-16,20H2,(H,32,33). The number of aliphatic carboxylic acids is 1. The lowest BCUT2D eigenvalue weighted by Gasteiger charge is -2.09. The number of carboxylic acids is 1. The molecule has 0 aliphatic rings. The van der Waals surface area contributed by atoms with Crippen molar-refractivity contribution in [3.8, 4) is 17.0 Å². The average molecular weight is 540 g/mol. The highest BCUT2D eigenvalue weighted by atomic mass is 16.6. The quantitative estimate of drug-likeness (QED) is 0.171. The number of nitrogens with one attached hydrogen (secondary N) is 1. The molecule has 3 aromatic heterocycles. The summed E-state index contributed by atoms with van der Waals surface area (Å²) < 4.78 is 32.1. The monoisotopic (exact) mass is 539 g/mol. The van der Waals surface area contributed by atoms with E-state index in [0.29, 0.717) is 65.3 Å². The van der Waals surface area contributed by atoms with E-state index in [1.165, 1.54) is 0 Å². The van der Waals surface area contributed by atoms with Crippen molar-refractivity contribution in [2.45, 2.75) is 0 Å². The van der Waals surface area contributed by atoms with E-state index in [2.05, 4.69) is 33.2 Å². The highest BCUT2D eigenvalue weighted by Gasteiger charge is 2.07. The summed E-state index contributed by atoms with van der Waals surface area (Å²) in [5.74, 6) is -0.448. The molecule has 11 nitrogen and oxygen atoms in total. The Labute approximate surface area is 226 Å². The molecule has 0 aliphatic heterocycles. The maximum Gasteiger partial charge on any atom is 0.329 e. The number of carboxylic acid groups (broad SMARTS) is 1. The van der Waals surface area contributed by atoms with Crippen molar-refractivity contribution in [2.75, 3.05) is 72.7 Å². The Morgan fingerprint density at radius 3 is 1.97 bits per heavy atom. The molecule has 0 fully saturated rings. The molecule has 4 aromatic rings. The van der Waals surface area contributed by atoms with Crippen LogP contribution in [0.2, 0.25) is 0 Å². The number of ether oxygens (including phenoxy) is 6. The van der Waals surface area contributed by atoms with Gasteiger partial charge in [-0.1, -0.05) is 12.1 Å². The fourth-order valence-electron chi connectivity index (χ4n) is 3.81. The van der Waals surface area contributed by atoms with Crippen LogP contribution in [0.1, 0.15) is 0 Å². The Morgan fingerprint density at radius 2 is 1.33 bits per heavy atom. The van der Waals surface area contributed by atoms with Gasteiger partial charge in [0.2, 0.25) is 5.88 Å². The van der Waals surface area contributed by atoms with Gasteiger partial charge in [-0.2, -0.15) is 0 Å². The van der Waals surface area contributed by atoms with Gasteiger partial charge in [0, 0.05) is 52.0 Å². The number of nitrogens with zero attached hydrogens (tertiary/aromatic N) is 2. The smallest absolute Gasteiger partial charge is 0.329 e. The molecule has 0 amide bonds. The first-order valence-electron chi connectivity index (χ1n) is 12.8. The fraction of sp³-hybridized carbons (Fsp3) is 0.393. The predicted molar refractivity (Wildman–Crippen MR) is 144 cm³/mol. The first-order valence-corrected chi connectivity index (χ1v) is 12.8. The molecule has 39 heavy (non-hydrogen) atoms. The molecule has 0 atom stereocenters. The normalized spacial score (nSPS) is 11.4. The molecular formula is C28H33N3O8. The van der Waals surface area contributed by atoms with Gasteiger partial charge in [-0.05, 0) is 23.8 Å². The van der Waals surface area contributed by atoms with Crippen LogP contribution in [-0.4, -0.2) is 98.7 Å². The number of hydrogen-bond donors (Lipinski definition) is 2. The van der Waals surface area contributed by atoms with E-state index >= 15 is 0 Å². The van der Waals surface area contributed by atoms with E-state index in [9.17, 15) is 4.79 Å². The molecule has 0 spiro atoms. The van der Waals surface area contributed by atoms with Crippen LogP contribution in [0.5, 0.6) is 5.88 Å². The maximum atomic E-state index is 10.3. The molecule has 0 saturated carbocycles. The van der Waals surface area contributed by atoms with Crippen molar-refractivity contribution in [3.05, 3.63) is 55.0 Å². The molecule has 208 valence electrons. The summed E-state index contributed by atoms with van der Waals surface area (Å²) in [6, 6.07) is 12.1. The molecule has 0 unspecified atom stereocenters. The number of rotatable bonds is 19. The Morgan fingerprint density at radius 1 is 0.692 bits per heavy atom. The van der Waals surface area contributed by atoms with E-state index in [4.69, 9.17) is 33.5 Å². The minimum Gasteiger partial charge on any atom is -0.480 e. The van der Waals surface area contributed by atoms with Crippen molar-refractivity contribution in [2.24, 2.45) is 0 Å². The lowest BCUT2D eigenvalue weighted by Crippen LogP contribution is -2.15. The number of hydrogen-bond acceptors (Lipinski definition) is 9. The summed E-state index contributed by atoms with van der Waals surface area (Å²) in [5, 5.41) is 10.7. The van der Waals surface area contributed by atoms with Gasteiger partial charge < -0.3 is 38.5 Å². The third kappa shape index (κ3) is 9.27. The first kappa shape index (κ1) is 28.4. The van der Waals surface area contributed by atoms with Crippen molar-refractivity contribution in [3.63, 3.8) is 0 Å². The second-order valence-corrected chi connectivity index (χ2v) is 8.44. The predicted octanol–water partition coefficient (Wildman–Crippen LogP) is 3.32. The van der Waals surface area contributed by atoms with E-state index < -0.39 is 5.97 Å². The molecule has 2 N–H and O–H groups in total. The van der Waals surface area contributed by atoms with E-state index in [1.54, 1.807) is 12.4 Å². The van der Waals surface area contributed by atoms with Crippen molar-refractivity contribution < 1.29 is 38.3 Å². The van der Waals surface area contributed by atoms with Crippen LogP contribution in [-0.2, 0) is 28.5 Å². The lowest BCUT2D eigenvalue weighted by molar-refractivity contribution is -0.142. The van der Waals surface area contributed by atoms with Gasteiger partial charge in [-0.15, -0.1) is 0 Å². The Bertz CT molecular complexity index is 1300. The first-order chi connectivity index (χ1) is 19.2. The highest BCUT2D eigenvalue weighted by Crippen LogP contribution is 2.29. The zero-order valence-corrected chi connectivity index (χ0v) is 21.7. The number of fused-ring (bicyclic) bond motifs is 3. The summed E-state index contributed by atoms with van der Waals surface area (Å²) in [5.41, 5.74) is 4.21. The summed E-state index contributed by atoms with van der Waals surface area (Å²) in [7, 11) is 0. The summed E-state index contributed by atoms with van der Waals surface area (Å²) in [4.78, 5) is 22.4. The molecule has 0 aliphatic carbocycles. The molecule has 0 saturated heterocycles. The molecular weight excluding hydrogens is 506 g/mol. The molecule has 11 heteroatoms. The van der Waals surface area contributed by atoms with E-state index in [0.717, 1.165) is 32.9 Å². The number of benzene rings is 1. The van der Waals surface area contributed by atoms with Crippen LogP contribution >= 0.6 is 0 Å². The number of carbonyl (C=O) groups is 1. The van der Waals surface area contributed by atoms with Crippen molar-refractivity contribution in [1.82, 2.24) is 15.0 Å². The average Bonchev–Trinajstić information content (AvgIpc) is 3.33. The van der Waals surface area contributed by atoms with Crippen LogP contribution in [0.4, 0.5) is 0 Å². The third-order valence-corrected chi connectivity index (χ3v) is 5.66. The van der Waals surface area contributed by atoms with E-state index in [1.807, 2.05) is 24.4 Å². The van der Waals surface area contributed by atoms with Gasteiger partial charge >= 0.3 is 5.97 Å². The molecule has 0 radical (unpaired) electrons. The lowest BCUT2D eigenvalue weighted by atomic mass is 10.1. The summed E-state index contributed by atoms with van der Waals surface area (Å²) in [6.45, 7) is 3.77. The van der Waals surface area contributed by atoms with E-state index in [-0.39, 0.29) is 13.2 Å². The molecule has 1 aromatic carbocycles. The van der Waals surface area contributed by atoms with Crippen molar-refractivity contribution >= 4 is 27.8 Å². The van der Waals surface area contributed by atoms with Crippen molar-refractivity contribution in [1.29, 1.82) is 0 Å². The number of aromatic nitrogens is 3.